The summed E-state index contributed by atoms with van der Waals surface area (Å²) >= 11 is 0. The molecule has 5 heteroatoms. The van der Waals surface area contributed by atoms with E-state index in [0.717, 1.165) is 51.9 Å². The van der Waals surface area contributed by atoms with Gasteiger partial charge in [0.2, 0.25) is 0 Å². The van der Waals surface area contributed by atoms with E-state index in [1.807, 2.05) is 0 Å². The molecule has 1 saturated carbocycles. The first-order valence-electron chi connectivity index (χ1n) is 8.18. The normalized spacial score (nSPS) is 22.9. The maximum Gasteiger partial charge on any atom is 0.416 e. The van der Waals surface area contributed by atoms with Crippen molar-refractivity contribution in [3.8, 4) is 0 Å². The molecule has 0 radical (unpaired) electrons. The predicted octanol–water partition coefficient (Wildman–Crippen LogP) is 3.84. The van der Waals surface area contributed by atoms with E-state index in [4.69, 9.17) is 0 Å². The van der Waals surface area contributed by atoms with E-state index >= 15 is 0 Å². The molecule has 1 aromatic rings. The summed E-state index contributed by atoms with van der Waals surface area (Å²) in [6, 6.07) is 6.07. The number of hydrogen-bond donors (Lipinski definition) is 1. The molecule has 0 amide bonds. The Bertz CT molecular complexity index is 489. The average Bonchev–Trinajstić information content (AvgIpc) is 3.02. The minimum absolute atomic E-state index is 0.0950. The lowest BCUT2D eigenvalue weighted by Gasteiger charge is -2.39. The van der Waals surface area contributed by atoms with Crippen molar-refractivity contribution in [2.24, 2.45) is 5.92 Å². The lowest BCUT2D eigenvalue weighted by atomic mass is 9.87. The summed E-state index contributed by atoms with van der Waals surface area (Å²) in [5.74, 6) is 0.349. The van der Waals surface area contributed by atoms with Crippen molar-refractivity contribution in [1.29, 1.82) is 0 Å². The standard InChI is InChI=1S/C17H23F3N2/c18-17(19,20)15-8-4-3-7-14(15)16(13-5-1-2-6-13)22-11-9-21-10-12-22/h3-4,7-8,13,16,21H,1-2,5-6,9-12H2/t16-/m1/s1. The molecule has 1 saturated heterocycles. The Morgan fingerprint density at radius 2 is 1.68 bits per heavy atom. The number of alkyl halides is 3. The van der Waals surface area contributed by atoms with Gasteiger partial charge in [-0.1, -0.05) is 31.0 Å². The first kappa shape index (κ1) is 15.8. The van der Waals surface area contributed by atoms with Crippen molar-refractivity contribution in [2.75, 3.05) is 26.2 Å². The fourth-order valence-corrected chi connectivity index (χ4v) is 4.00. The SMILES string of the molecule is FC(F)(F)c1ccccc1[C@@H](C1CCCC1)N1CCNCC1. The molecule has 2 nitrogen and oxygen atoms in total. The quantitative estimate of drug-likeness (QED) is 0.912. The van der Waals surface area contributed by atoms with Crippen molar-refractivity contribution in [2.45, 2.75) is 37.9 Å². The summed E-state index contributed by atoms with van der Waals surface area (Å²) in [6.45, 7) is 3.37. The molecule has 1 N–H and O–H groups in total. The molecule has 122 valence electrons. The van der Waals surface area contributed by atoms with Crippen LogP contribution in [0.25, 0.3) is 0 Å². The molecule has 1 heterocycles. The summed E-state index contributed by atoms with van der Waals surface area (Å²) in [4.78, 5) is 2.26. The van der Waals surface area contributed by atoms with Crippen LogP contribution in [-0.4, -0.2) is 31.1 Å². The molecule has 1 aliphatic carbocycles. The molecular weight excluding hydrogens is 289 g/mol. The molecule has 0 bridgehead atoms. The number of halogens is 3. The third kappa shape index (κ3) is 3.30. The molecule has 0 aromatic heterocycles. The van der Waals surface area contributed by atoms with Gasteiger partial charge in [0.25, 0.3) is 0 Å². The minimum atomic E-state index is -4.28. The van der Waals surface area contributed by atoms with Crippen LogP contribution in [0.3, 0.4) is 0 Å². The average molecular weight is 312 g/mol. The van der Waals surface area contributed by atoms with Gasteiger partial charge < -0.3 is 5.32 Å². The van der Waals surface area contributed by atoms with E-state index in [0.29, 0.717) is 11.5 Å². The van der Waals surface area contributed by atoms with Crippen LogP contribution in [0.1, 0.15) is 42.9 Å². The number of nitrogens with one attached hydrogen (secondary N) is 1. The number of nitrogens with zero attached hydrogens (tertiary/aromatic N) is 1. The van der Waals surface area contributed by atoms with Crippen molar-refractivity contribution in [1.82, 2.24) is 10.2 Å². The van der Waals surface area contributed by atoms with Gasteiger partial charge in [-0.3, -0.25) is 4.90 Å². The molecule has 0 unspecified atom stereocenters. The first-order chi connectivity index (χ1) is 10.6. The maximum absolute atomic E-state index is 13.4. The van der Waals surface area contributed by atoms with Gasteiger partial charge in [0, 0.05) is 32.2 Å². The van der Waals surface area contributed by atoms with Crippen LogP contribution in [0.2, 0.25) is 0 Å². The first-order valence-corrected chi connectivity index (χ1v) is 8.18. The van der Waals surface area contributed by atoms with Gasteiger partial charge in [-0.15, -0.1) is 0 Å². The van der Waals surface area contributed by atoms with Crippen LogP contribution < -0.4 is 5.32 Å². The van der Waals surface area contributed by atoms with Gasteiger partial charge in [-0.05, 0) is 30.4 Å². The molecule has 3 rings (SSSR count). The van der Waals surface area contributed by atoms with Gasteiger partial charge in [-0.25, -0.2) is 0 Å². The number of benzene rings is 1. The zero-order valence-electron chi connectivity index (χ0n) is 12.7. The van der Waals surface area contributed by atoms with Crippen LogP contribution in [0, 0.1) is 5.92 Å². The fourth-order valence-electron chi connectivity index (χ4n) is 4.00. The van der Waals surface area contributed by atoms with Crippen LogP contribution >= 0.6 is 0 Å². The van der Waals surface area contributed by atoms with E-state index in [9.17, 15) is 13.2 Å². The van der Waals surface area contributed by atoms with E-state index in [1.165, 1.54) is 12.1 Å². The number of rotatable bonds is 3. The zero-order chi connectivity index (χ0) is 15.6. The Labute approximate surface area is 129 Å². The third-order valence-corrected chi connectivity index (χ3v) is 4.98. The molecule has 2 fully saturated rings. The van der Waals surface area contributed by atoms with Crippen molar-refractivity contribution in [3.63, 3.8) is 0 Å². The minimum Gasteiger partial charge on any atom is -0.314 e. The second-order valence-electron chi connectivity index (χ2n) is 6.36. The van der Waals surface area contributed by atoms with E-state index < -0.39 is 11.7 Å². The summed E-state index contributed by atoms with van der Waals surface area (Å²) in [7, 11) is 0. The van der Waals surface area contributed by atoms with Crippen LogP contribution in [0.4, 0.5) is 13.2 Å². The molecule has 2 aliphatic rings. The Morgan fingerprint density at radius 1 is 1.05 bits per heavy atom. The second-order valence-corrected chi connectivity index (χ2v) is 6.36. The van der Waals surface area contributed by atoms with Gasteiger partial charge in [0.05, 0.1) is 5.56 Å². The summed E-state index contributed by atoms with van der Waals surface area (Å²) < 4.78 is 40.3. The number of piperazine rings is 1. The third-order valence-electron chi connectivity index (χ3n) is 4.98. The van der Waals surface area contributed by atoms with Crippen molar-refractivity contribution < 1.29 is 13.2 Å². The lowest BCUT2D eigenvalue weighted by molar-refractivity contribution is -0.139. The van der Waals surface area contributed by atoms with Crippen LogP contribution in [0.5, 0.6) is 0 Å². The van der Waals surface area contributed by atoms with Gasteiger partial charge in [0.1, 0.15) is 0 Å². The smallest absolute Gasteiger partial charge is 0.314 e. The van der Waals surface area contributed by atoms with Gasteiger partial charge in [0.15, 0.2) is 0 Å². The van der Waals surface area contributed by atoms with E-state index in [-0.39, 0.29) is 6.04 Å². The van der Waals surface area contributed by atoms with Crippen LogP contribution in [0.15, 0.2) is 24.3 Å². The summed E-state index contributed by atoms with van der Waals surface area (Å²) in [5, 5.41) is 3.29. The zero-order valence-corrected chi connectivity index (χ0v) is 12.7. The molecule has 0 spiro atoms. The summed E-state index contributed by atoms with van der Waals surface area (Å²) in [5.41, 5.74) is 0.0224. The highest BCUT2D eigenvalue weighted by atomic mass is 19.4. The maximum atomic E-state index is 13.4. The Kier molecular flexibility index (Phi) is 4.73. The highest BCUT2D eigenvalue weighted by molar-refractivity contribution is 5.33. The highest BCUT2D eigenvalue weighted by Crippen LogP contribution is 2.44. The monoisotopic (exact) mass is 312 g/mol. The largest absolute Gasteiger partial charge is 0.416 e. The second kappa shape index (κ2) is 6.59. The Hall–Kier alpha value is -1.07. The van der Waals surface area contributed by atoms with Gasteiger partial charge in [-0.2, -0.15) is 13.2 Å². The molecule has 1 atom stereocenters. The van der Waals surface area contributed by atoms with Crippen LogP contribution in [-0.2, 0) is 6.18 Å². The molecular formula is C17H23F3N2. The van der Waals surface area contributed by atoms with E-state index in [2.05, 4.69) is 10.2 Å². The fraction of sp³-hybridized carbons (Fsp3) is 0.647. The van der Waals surface area contributed by atoms with Crippen molar-refractivity contribution >= 4 is 0 Å². The highest BCUT2D eigenvalue weighted by Gasteiger charge is 2.39. The molecule has 1 aromatic carbocycles. The molecule has 1 aliphatic heterocycles. The predicted molar refractivity (Wildman–Crippen MR) is 80.6 cm³/mol. The van der Waals surface area contributed by atoms with E-state index in [1.54, 1.807) is 12.1 Å². The lowest BCUT2D eigenvalue weighted by Crippen LogP contribution is -2.47. The Balaban J connectivity index is 1.98. The molecule has 22 heavy (non-hydrogen) atoms. The number of hydrogen-bond acceptors (Lipinski definition) is 2. The topological polar surface area (TPSA) is 15.3 Å². The van der Waals surface area contributed by atoms with Crippen molar-refractivity contribution in [3.05, 3.63) is 35.4 Å². The van der Waals surface area contributed by atoms with Gasteiger partial charge >= 0.3 is 6.18 Å². The Morgan fingerprint density at radius 3 is 2.32 bits per heavy atom. The summed E-state index contributed by atoms with van der Waals surface area (Å²) in [6.07, 6.45) is 0.0892.